The number of pyridine rings is 1. The third-order valence-electron chi connectivity index (χ3n) is 2.34. The number of H-pyrrole nitrogens is 1. The maximum Gasteiger partial charge on any atom is 0.304 e. The lowest BCUT2D eigenvalue weighted by Gasteiger charge is -2.02. The second kappa shape index (κ2) is 6.65. The van der Waals surface area contributed by atoms with E-state index in [9.17, 15) is 9.59 Å². The monoisotopic (exact) mass is 288 g/mol. The van der Waals surface area contributed by atoms with E-state index in [1.807, 2.05) is 0 Å². The predicted octanol–water partition coefficient (Wildman–Crippen LogP) is 0.0716. The Labute approximate surface area is 119 Å². The summed E-state index contributed by atoms with van der Waals surface area (Å²) in [5.41, 5.74) is 6.93. The van der Waals surface area contributed by atoms with Crippen molar-refractivity contribution in [2.45, 2.75) is 6.54 Å². The van der Waals surface area contributed by atoms with Gasteiger partial charge >= 0.3 is 4.87 Å². The second-order valence-corrected chi connectivity index (χ2v) is 4.64. The van der Waals surface area contributed by atoms with Gasteiger partial charge in [-0.3, -0.25) is 9.59 Å². The quantitative estimate of drug-likeness (QED) is 0.696. The molecule has 2 rings (SSSR count). The Morgan fingerprint density at radius 3 is 2.95 bits per heavy atom. The van der Waals surface area contributed by atoms with Gasteiger partial charge in [0.25, 0.3) is 5.91 Å². The minimum absolute atomic E-state index is 0.143. The lowest BCUT2D eigenvalue weighted by Crippen LogP contribution is -2.24. The van der Waals surface area contributed by atoms with Crippen LogP contribution >= 0.6 is 11.3 Å². The molecule has 0 unspecified atom stereocenters. The molecule has 2 aromatic rings. The van der Waals surface area contributed by atoms with E-state index < -0.39 is 0 Å². The van der Waals surface area contributed by atoms with E-state index in [0.717, 1.165) is 11.3 Å². The normalized spacial score (nSPS) is 9.65. The Bertz CT molecular complexity index is 706. The number of aromatic nitrogens is 2. The summed E-state index contributed by atoms with van der Waals surface area (Å²) in [6, 6.07) is 3.29. The zero-order valence-corrected chi connectivity index (χ0v) is 11.3. The molecule has 0 spiro atoms. The van der Waals surface area contributed by atoms with Gasteiger partial charge in [0.15, 0.2) is 0 Å². The highest BCUT2D eigenvalue weighted by molar-refractivity contribution is 7.07. The van der Waals surface area contributed by atoms with Gasteiger partial charge in [0.1, 0.15) is 5.69 Å². The van der Waals surface area contributed by atoms with Gasteiger partial charge in [-0.15, -0.1) is 0 Å². The third kappa shape index (κ3) is 3.78. The summed E-state index contributed by atoms with van der Waals surface area (Å²) >= 11 is 1.06. The fourth-order valence-electron chi connectivity index (χ4n) is 1.42. The fraction of sp³-hybridized carbons (Fsp3) is 0.154. The van der Waals surface area contributed by atoms with Crippen molar-refractivity contribution < 1.29 is 4.79 Å². The van der Waals surface area contributed by atoms with E-state index in [0.29, 0.717) is 17.0 Å². The Hall–Kier alpha value is -2.43. The molecule has 0 atom stereocenters. The number of nitrogens with zero attached hydrogens (tertiary/aromatic N) is 1. The average Bonchev–Trinajstić information content (AvgIpc) is 2.89. The second-order valence-electron chi connectivity index (χ2n) is 3.79. The van der Waals surface area contributed by atoms with Crippen molar-refractivity contribution >= 4 is 17.2 Å². The number of hydrogen-bond donors (Lipinski definition) is 3. The molecule has 0 aliphatic carbocycles. The SMILES string of the molecule is NCC#Cc1ccc(C(=O)NCc2csc(=O)[nH]2)nc1. The predicted molar refractivity (Wildman–Crippen MR) is 76.3 cm³/mol. The minimum Gasteiger partial charge on any atom is -0.345 e. The summed E-state index contributed by atoms with van der Waals surface area (Å²) in [5, 5.41) is 4.34. The molecule has 20 heavy (non-hydrogen) atoms. The van der Waals surface area contributed by atoms with Crippen LogP contribution in [0.5, 0.6) is 0 Å². The van der Waals surface area contributed by atoms with E-state index in [4.69, 9.17) is 5.73 Å². The molecule has 6 nitrogen and oxygen atoms in total. The molecule has 0 bridgehead atoms. The minimum atomic E-state index is -0.310. The zero-order chi connectivity index (χ0) is 14.4. The first-order chi connectivity index (χ1) is 9.69. The summed E-state index contributed by atoms with van der Waals surface area (Å²) in [7, 11) is 0. The van der Waals surface area contributed by atoms with Gasteiger partial charge in [-0.05, 0) is 12.1 Å². The van der Waals surface area contributed by atoms with Crippen LogP contribution in [0, 0.1) is 11.8 Å². The van der Waals surface area contributed by atoms with Gasteiger partial charge in [0.2, 0.25) is 0 Å². The van der Waals surface area contributed by atoms with Gasteiger partial charge in [0.05, 0.1) is 13.1 Å². The Morgan fingerprint density at radius 1 is 1.50 bits per heavy atom. The highest BCUT2D eigenvalue weighted by Crippen LogP contribution is 2.00. The lowest BCUT2D eigenvalue weighted by molar-refractivity contribution is 0.0945. The van der Waals surface area contributed by atoms with Gasteiger partial charge in [-0.2, -0.15) is 0 Å². The molecule has 0 saturated heterocycles. The maximum atomic E-state index is 11.8. The van der Waals surface area contributed by atoms with Gasteiger partial charge in [-0.1, -0.05) is 23.2 Å². The summed E-state index contributed by atoms with van der Waals surface area (Å²) in [4.78, 5) is 29.3. The first-order valence-corrected chi connectivity index (χ1v) is 6.67. The molecule has 0 aliphatic heterocycles. The molecule has 2 aromatic heterocycles. The number of hydrogen-bond acceptors (Lipinski definition) is 5. The van der Waals surface area contributed by atoms with Crippen molar-refractivity contribution in [2.75, 3.05) is 6.54 Å². The fourth-order valence-corrected chi connectivity index (χ4v) is 2.00. The maximum absolute atomic E-state index is 11.8. The van der Waals surface area contributed by atoms with Crippen LogP contribution in [0.25, 0.3) is 0 Å². The van der Waals surface area contributed by atoms with Crippen molar-refractivity contribution in [3.05, 3.63) is 50.3 Å². The molecule has 102 valence electrons. The standard InChI is InChI=1S/C13H12N4O2S/c14-5-1-2-9-3-4-11(15-6-9)12(18)16-7-10-8-20-13(19)17-10/h3-4,6,8H,5,7,14H2,(H,16,18)(H,17,19). The Morgan fingerprint density at radius 2 is 2.35 bits per heavy atom. The van der Waals surface area contributed by atoms with Crippen LogP contribution in [0.4, 0.5) is 0 Å². The number of carbonyl (C=O) groups is 1. The van der Waals surface area contributed by atoms with Crippen LogP contribution in [-0.2, 0) is 6.54 Å². The summed E-state index contributed by atoms with van der Waals surface area (Å²) < 4.78 is 0. The molecule has 0 saturated carbocycles. The Kier molecular flexibility index (Phi) is 4.65. The molecule has 0 fully saturated rings. The summed E-state index contributed by atoms with van der Waals surface area (Å²) in [5.74, 6) is 5.22. The molecule has 0 aromatic carbocycles. The molecule has 0 radical (unpaired) electrons. The van der Waals surface area contributed by atoms with Crippen LogP contribution in [0.1, 0.15) is 21.7 Å². The van der Waals surface area contributed by atoms with E-state index in [2.05, 4.69) is 27.1 Å². The number of aromatic amines is 1. The van der Waals surface area contributed by atoms with Crippen molar-refractivity contribution in [1.29, 1.82) is 0 Å². The van der Waals surface area contributed by atoms with E-state index in [1.54, 1.807) is 17.5 Å². The van der Waals surface area contributed by atoms with Crippen LogP contribution < -0.4 is 15.9 Å². The molecule has 2 heterocycles. The van der Waals surface area contributed by atoms with Gasteiger partial charge < -0.3 is 16.0 Å². The topological polar surface area (TPSA) is 101 Å². The first kappa shape index (κ1) is 14.0. The lowest BCUT2D eigenvalue weighted by atomic mass is 10.2. The first-order valence-electron chi connectivity index (χ1n) is 5.79. The Balaban J connectivity index is 1.97. The van der Waals surface area contributed by atoms with Crippen molar-refractivity contribution in [3.63, 3.8) is 0 Å². The highest BCUT2D eigenvalue weighted by atomic mass is 32.1. The molecule has 1 amide bonds. The smallest absolute Gasteiger partial charge is 0.304 e. The average molecular weight is 288 g/mol. The number of nitrogens with one attached hydrogen (secondary N) is 2. The van der Waals surface area contributed by atoms with Crippen LogP contribution in [0.3, 0.4) is 0 Å². The zero-order valence-electron chi connectivity index (χ0n) is 10.5. The molecule has 4 N–H and O–H groups in total. The molecule has 0 aliphatic rings. The van der Waals surface area contributed by atoms with Crippen molar-refractivity contribution in [1.82, 2.24) is 15.3 Å². The molecular weight excluding hydrogens is 276 g/mol. The summed E-state index contributed by atoms with van der Waals surface area (Å²) in [6.07, 6.45) is 1.52. The number of thiazole rings is 1. The van der Waals surface area contributed by atoms with E-state index >= 15 is 0 Å². The van der Waals surface area contributed by atoms with E-state index in [1.165, 1.54) is 6.20 Å². The van der Waals surface area contributed by atoms with Gasteiger partial charge in [-0.25, -0.2) is 4.98 Å². The van der Waals surface area contributed by atoms with Crippen molar-refractivity contribution in [3.8, 4) is 11.8 Å². The molecule has 7 heteroatoms. The molecular formula is C13H12N4O2S. The van der Waals surface area contributed by atoms with E-state index in [-0.39, 0.29) is 23.9 Å². The number of carbonyl (C=O) groups excluding carboxylic acids is 1. The van der Waals surface area contributed by atoms with Gasteiger partial charge in [0, 0.05) is 22.8 Å². The summed E-state index contributed by atoms with van der Waals surface area (Å²) in [6.45, 7) is 0.537. The number of nitrogens with two attached hydrogens (primary N) is 1. The largest absolute Gasteiger partial charge is 0.345 e. The van der Waals surface area contributed by atoms with Crippen LogP contribution in [0.15, 0.2) is 28.5 Å². The number of amides is 1. The van der Waals surface area contributed by atoms with Crippen LogP contribution in [-0.4, -0.2) is 22.4 Å². The number of rotatable bonds is 3. The van der Waals surface area contributed by atoms with Crippen LogP contribution in [0.2, 0.25) is 0 Å². The third-order valence-corrected chi connectivity index (χ3v) is 3.06. The van der Waals surface area contributed by atoms with Crippen molar-refractivity contribution in [2.24, 2.45) is 5.73 Å². The highest BCUT2D eigenvalue weighted by Gasteiger charge is 2.07.